The maximum Gasteiger partial charge on any atom is 0.377 e. The molecule has 4 nitrogen and oxygen atoms in total. The van der Waals surface area contributed by atoms with Gasteiger partial charge in [0.2, 0.25) is 0 Å². The number of carboxylic acids is 1. The van der Waals surface area contributed by atoms with E-state index in [1.807, 2.05) is 0 Å². The Labute approximate surface area is 79.8 Å². The fraction of sp³-hybridized carbons (Fsp3) is 0.875. The van der Waals surface area contributed by atoms with Crippen LogP contribution < -0.4 is 0 Å². The molecule has 1 rings (SSSR count). The highest BCUT2D eigenvalue weighted by Gasteiger charge is 2.40. The molecule has 14 heavy (non-hydrogen) atoms. The molecule has 0 radical (unpaired) electrons. The molecule has 6 heteroatoms. The fourth-order valence-electron chi connectivity index (χ4n) is 1.10. The quantitative estimate of drug-likeness (QED) is 0.758. The minimum atomic E-state index is -3.83. The van der Waals surface area contributed by atoms with E-state index in [0.29, 0.717) is 13.0 Å². The Balaban J connectivity index is 2.28. The molecular formula is C8H12F2O4. The normalized spacial score (nSPS) is 23.4. The van der Waals surface area contributed by atoms with Gasteiger partial charge < -0.3 is 14.6 Å². The lowest BCUT2D eigenvalue weighted by molar-refractivity contribution is -0.209. The van der Waals surface area contributed by atoms with Crippen molar-refractivity contribution in [2.75, 3.05) is 13.2 Å². The van der Waals surface area contributed by atoms with Gasteiger partial charge in [-0.1, -0.05) is 0 Å². The molecule has 1 heterocycles. The summed E-state index contributed by atoms with van der Waals surface area (Å²) in [6.45, 7) is -0.656. The summed E-state index contributed by atoms with van der Waals surface area (Å²) in [5.41, 5.74) is 0. The summed E-state index contributed by atoms with van der Waals surface area (Å²) >= 11 is 0. The maximum atomic E-state index is 12.5. The average Bonchev–Trinajstić information content (AvgIpc) is 2.16. The van der Waals surface area contributed by atoms with Crippen LogP contribution in [0.2, 0.25) is 0 Å². The molecule has 0 aromatic rings. The number of carboxylic acid groups (broad SMARTS) is 1. The molecule has 0 aromatic heterocycles. The van der Waals surface area contributed by atoms with Crippen molar-refractivity contribution in [3.63, 3.8) is 0 Å². The lowest BCUT2D eigenvalue weighted by Crippen LogP contribution is -2.36. The van der Waals surface area contributed by atoms with Gasteiger partial charge in [-0.2, -0.15) is 8.78 Å². The third kappa shape index (κ3) is 3.19. The number of carbonyl (C=O) groups is 1. The van der Waals surface area contributed by atoms with Crippen molar-refractivity contribution in [2.24, 2.45) is 0 Å². The van der Waals surface area contributed by atoms with Crippen molar-refractivity contribution in [1.82, 2.24) is 0 Å². The van der Waals surface area contributed by atoms with Crippen LogP contribution in [0, 0.1) is 0 Å². The van der Waals surface area contributed by atoms with E-state index in [4.69, 9.17) is 9.84 Å². The lowest BCUT2D eigenvalue weighted by atomic mass is 10.2. The molecule has 1 aliphatic heterocycles. The summed E-state index contributed by atoms with van der Waals surface area (Å²) < 4.78 is 34.7. The van der Waals surface area contributed by atoms with Crippen LogP contribution in [0.25, 0.3) is 0 Å². The second-order valence-electron chi connectivity index (χ2n) is 3.12. The standard InChI is InChI=1S/C8H12F2O4/c9-8(10,7(11)12)5-14-6-3-1-2-4-13-6/h6H,1-5H2,(H,11,12). The number of alkyl halides is 2. The Morgan fingerprint density at radius 3 is 2.79 bits per heavy atom. The van der Waals surface area contributed by atoms with Crippen molar-refractivity contribution < 1.29 is 28.2 Å². The topological polar surface area (TPSA) is 55.8 Å². The summed E-state index contributed by atoms with van der Waals surface area (Å²) in [5.74, 6) is -6.01. The molecule has 1 aliphatic rings. The fourth-order valence-corrected chi connectivity index (χ4v) is 1.10. The van der Waals surface area contributed by atoms with E-state index in [1.54, 1.807) is 0 Å². The Morgan fingerprint density at radius 2 is 2.29 bits per heavy atom. The van der Waals surface area contributed by atoms with E-state index < -0.39 is 24.8 Å². The molecule has 0 saturated carbocycles. The van der Waals surface area contributed by atoms with Crippen molar-refractivity contribution in [3.05, 3.63) is 0 Å². The number of aliphatic carboxylic acids is 1. The summed E-state index contributed by atoms with van der Waals surface area (Å²) in [6.07, 6.45) is 1.59. The van der Waals surface area contributed by atoms with E-state index in [-0.39, 0.29) is 0 Å². The first kappa shape index (κ1) is 11.3. The van der Waals surface area contributed by atoms with Crippen LogP contribution in [0.4, 0.5) is 8.78 Å². The molecule has 1 unspecified atom stereocenters. The minimum absolute atomic E-state index is 0.476. The lowest BCUT2D eigenvalue weighted by Gasteiger charge is -2.23. The van der Waals surface area contributed by atoms with Gasteiger partial charge >= 0.3 is 11.9 Å². The Kier molecular flexibility index (Phi) is 3.77. The number of hydrogen-bond donors (Lipinski definition) is 1. The number of hydrogen-bond acceptors (Lipinski definition) is 3. The zero-order valence-electron chi connectivity index (χ0n) is 7.54. The summed E-state index contributed by atoms with van der Waals surface area (Å²) in [6, 6.07) is 0. The number of ether oxygens (including phenoxy) is 2. The SMILES string of the molecule is O=C(O)C(F)(F)COC1CCCCO1. The third-order valence-electron chi connectivity index (χ3n) is 1.90. The van der Waals surface area contributed by atoms with Gasteiger partial charge in [-0.25, -0.2) is 4.79 Å². The zero-order chi connectivity index (χ0) is 10.6. The molecule has 1 N–H and O–H groups in total. The molecule has 0 aliphatic carbocycles. The van der Waals surface area contributed by atoms with Crippen molar-refractivity contribution in [3.8, 4) is 0 Å². The Hall–Kier alpha value is -0.750. The van der Waals surface area contributed by atoms with Gasteiger partial charge in [0.15, 0.2) is 6.29 Å². The maximum absolute atomic E-state index is 12.5. The van der Waals surface area contributed by atoms with Gasteiger partial charge in [0.25, 0.3) is 0 Å². The van der Waals surface area contributed by atoms with Crippen LogP contribution >= 0.6 is 0 Å². The first-order chi connectivity index (χ1) is 6.52. The molecule has 1 saturated heterocycles. The highest BCUT2D eigenvalue weighted by atomic mass is 19.3. The molecule has 0 amide bonds. The van der Waals surface area contributed by atoms with Crippen molar-refractivity contribution in [2.45, 2.75) is 31.5 Å². The Bertz CT molecular complexity index is 202. The predicted octanol–water partition coefficient (Wildman–Crippen LogP) is 1.25. The van der Waals surface area contributed by atoms with Gasteiger partial charge in [0, 0.05) is 6.61 Å². The molecule has 0 spiro atoms. The van der Waals surface area contributed by atoms with E-state index in [1.165, 1.54) is 0 Å². The molecule has 0 aromatic carbocycles. The van der Waals surface area contributed by atoms with Crippen molar-refractivity contribution >= 4 is 5.97 Å². The molecular weight excluding hydrogens is 198 g/mol. The summed E-state index contributed by atoms with van der Waals surface area (Å²) in [4.78, 5) is 10.0. The monoisotopic (exact) mass is 210 g/mol. The largest absolute Gasteiger partial charge is 0.477 e. The van der Waals surface area contributed by atoms with Crippen LogP contribution in [0.1, 0.15) is 19.3 Å². The first-order valence-corrected chi connectivity index (χ1v) is 4.37. The van der Waals surface area contributed by atoms with Crippen molar-refractivity contribution in [1.29, 1.82) is 0 Å². The van der Waals surface area contributed by atoms with E-state index in [9.17, 15) is 13.6 Å². The van der Waals surface area contributed by atoms with E-state index in [2.05, 4.69) is 4.74 Å². The van der Waals surface area contributed by atoms with E-state index in [0.717, 1.165) is 12.8 Å². The zero-order valence-corrected chi connectivity index (χ0v) is 7.54. The van der Waals surface area contributed by atoms with Crippen LogP contribution in [0.15, 0.2) is 0 Å². The average molecular weight is 210 g/mol. The highest BCUT2D eigenvalue weighted by Crippen LogP contribution is 2.19. The molecule has 1 atom stereocenters. The van der Waals surface area contributed by atoms with E-state index >= 15 is 0 Å². The minimum Gasteiger partial charge on any atom is -0.477 e. The summed E-state index contributed by atoms with van der Waals surface area (Å²) in [5, 5.41) is 8.10. The molecule has 82 valence electrons. The van der Waals surface area contributed by atoms with Crippen LogP contribution in [0.5, 0.6) is 0 Å². The predicted molar refractivity (Wildman–Crippen MR) is 42.1 cm³/mol. The Morgan fingerprint density at radius 1 is 1.57 bits per heavy atom. The molecule has 0 bridgehead atoms. The van der Waals surface area contributed by atoms with Gasteiger partial charge in [0.1, 0.15) is 6.61 Å². The van der Waals surface area contributed by atoms with Gasteiger partial charge in [-0.15, -0.1) is 0 Å². The van der Waals surface area contributed by atoms with Crippen LogP contribution in [-0.2, 0) is 14.3 Å². The first-order valence-electron chi connectivity index (χ1n) is 4.37. The number of rotatable bonds is 4. The summed E-state index contributed by atoms with van der Waals surface area (Å²) in [7, 11) is 0. The third-order valence-corrected chi connectivity index (χ3v) is 1.90. The number of halogens is 2. The highest BCUT2D eigenvalue weighted by molar-refractivity contribution is 5.75. The van der Waals surface area contributed by atoms with Gasteiger partial charge in [0.05, 0.1) is 0 Å². The second kappa shape index (κ2) is 4.65. The second-order valence-corrected chi connectivity index (χ2v) is 3.12. The smallest absolute Gasteiger partial charge is 0.377 e. The molecule has 1 fully saturated rings. The van der Waals surface area contributed by atoms with Crippen LogP contribution in [-0.4, -0.2) is 36.5 Å². The van der Waals surface area contributed by atoms with Gasteiger partial charge in [-0.3, -0.25) is 0 Å². The van der Waals surface area contributed by atoms with Gasteiger partial charge in [-0.05, 0) is 19.3 Å². The van der Waals surface area contributed by atoms with Crippen LogP contribution in [0.3, 0.4) is 0 Å².